The molecule has 1 unspecified atom stereocenters. The van der Waals surface area contributed by atoms with Crippen LogP contribution in [0.25, 0.3) is 0 Å². The van der Waals surface area contributed by atoms with Gasteiger partial charge in [-0.1, -0.05) is 29.8 Å². The summed E-state index contributed by atoms with van der Waals surface area (Å²) >= 11 is 0. The Labute approximate surface area is 119 Å². The molecule has 0 fully saturated rings. The first-order valence-electron chi connectivity index (χ1n) is 6.75. The van der Waals surface area contributed by atoms with Crippen LogP contribution in [0.1, 0.15) is 37.4 Å². The number of carbonyl (C=O) groups is 2. The molecule has 0 saturated heterocycles. The van der Waals surface area contributed by atoms with Gasteiger partial charge in [-0.3, -0.25) is 9.59 Å². The molecule has 0 aliphatic rings. The van der Waals surface area contributed by atoms with Crippen molar-refractivity contribution >= 4 is 11.8 Å². The molecule has 2 amide bonds. The maximum absolute atomic E-state index is 11.9. The highest BCUT2D eigenvalue weighted by atomic mass is 16.2. The number of amides is 2. The van der Waals surface area contributed by atoms with E-state index in [9.17, 15) is 9.59 Å². The molecule has 1 aromatic rings. The first-order chi connectivity index (χ1) is 9.42. The van der Waals surface area contributed by atoms with Crippen molar-refractivity contribution in [3.63, 3.8) is 0 Å². The van der Waals surface area contributed by atoms with E-state index in [4.69, 9.17) is 5.73 Å². The molecule has 0 spiro atoms. The van der Waals surface area contributed by atoms with E-state index in [0.29, 0.717) is 6.54 Å². The lowest BCUT2D eigenvalue weighted by atomic mass is 10.0. The van der Waals surface area contributed by atoms with E-state index in [2.05, 4.69) is 10.6 Å². The highest BCUT2D eigenvalue weighted by molar-refractivity contribution is 5.79. The molecule has 1 rings (SSSR count). The molecule has 0 aromatic heterocycles. The molecule has 0 bridgehead atoms. The Morgan fingerprint density at radius 3 is 2.30 bits per heavy atom. The number of aryl methyl sites for hydroxylation is 1. The van der Waals surface area contributed by atoms with Gasteiger partial charge in [0.15, 0.2) is 0 Å². The lowest BCUT2D eigenvalue weighted by Gasteiger charge is -2.19. The molecule has 20 heavy (non-hydrogen) atoms. The van der Waals surface area contributed by atoms with E-state index in [1.54, 1.807) is 0 Å². The van der Waals surface area contributed by atoms with E-state index in [0.717, 1.165) is 11.1 Å². The number of rotatable bonds is 6. The van der Waals surface area contributed by atoms with Crippen LogP contribution in [0.2, 0.25) is 0 Å². The fraction of sp³-hybridized carbons (Fsp3) is 0.467. The van der Waals surface area contributed by atoms with Crippen LogP contribution in [0.5, 0.6) is 0 Å². The predicted molar refractivity (Wildman–Crippen MR) is 79.0 cm³/mol. The van der Waals surface area contributed by atoms with Gasteiger partial charge in [-0.15, -0.1) is 0 Å². The molecule has 4 N–H and O–H groups in total. The lowest BCUT2D eigenvalue weighted by molar-refractivity contribution is -0.123. The Morgan fingerprint density at radius 1 is 1.20 bits per heavy atom. The first kappa shape index (κ1) is 16.2. The van der Waals surface area contributed by atoms with Crippen molar-refractivity contribution in [1.82, 2.24) is 10.6 Å². The minimum absolute atomic E-state index is 0.0708. The molecule has 2 atom stereocenters. The molecule has 0 radical (unpaired) electrons. The summed E-state index contributed by atoms with van der Waals surface area (Å²) in [4.78, 5) is 23.2. The Kier molecular flexibility index (Phi) is 6.18. The van der Waals surface area contributed by atoms with Gasteiger partial charge in [-0.2, -0.15) is 0 Å². The molecule has 5 nitrogen and oxygen atoms in total. The van der Waals surface area contributed by atoms with Gasteiger partial charge in [0.1, 0.15) is 0 Å². The summed E-state index contributed by atoms with van der Waals surface area (Å²) < 4.78 is 0. The Hall–Kier alpha value is -1.88. The molecule has 0 saturated carbocycles. The third-order valence-electron chi connectivity index (χ3n) is 3.01. The van der Waals surface area contributed by atoms with Crippen LogP contribution in [0.15, 0.2) is 24.3 Å². The fourth-order valence-corrected chi connectivity index (χ4v) is 1.87. The predicted octanol–water partition coefficient (Wildman–Crippen LogP) is 1.03. The maximum Gasteiger partial charge on any atom is 0.222 e. The van der Waals surface area contributed by atoms with E-state index in [1.807, 2.05) is 38.1 Å². The largest absolute Gasteiger partial charge is 0.352 e. The van der Waals surface area contributed by atoms with E-state index in [-0.39, 0.29) is 30.3 Å². The monoisotopic (exact) mass is 277 g/mol. The van der Waals surface area contributed by atoms with Gasteiger partial charge in [0, 0.05) is 19.5 Å². The minimum atomic E-state index is -0.321. The summed E-state index contributed by atoms with van der Waals surface area (Å²) in [5, 5.41) is 5.61. The number of carbonyl (C=O) groups excluding carboxylic acids is 2. The standard InChI is InChI=1S/C15H23N3O2/c1-10-4-6-13(7-5-10)14(18-12(3)19)8-15(20)17-11(2)9-16/h4-7,11,14H,8-9,16H2,1-3H3,(H,17,20)(H,18,19)/t11-,14?/m0/s1. The molecule has 5 heteroatoms. The van der Waals surface area contributed by atoms with Gasteiger partial charge in [0.25, 0.3) is 0 Å². The van der Waals surface area contributed by atoms with Crippen LogP contribution < -0.4 is 16.4 Å². The minimum Gasteiger partial charge on any atom is -0.352 e. The second-order valence-electron chi connectivity index (χ2n) is 5.07. The van der Waals surface area contributed by atoms with Gasteiger partial charge >= 0.3 is 0 Å². The van der Waals surface area contributed by atoms with Gasteiger partial charge in [0.05, 0.1) is 12.5 Å². The van der Waals surface area contributed by atoms with E-state index >= 15 is 0 Å². The van der Waals surface area contributed by atoms with Crippen molar-refractivity contribution in [2.75, 3.05) is 6.54 Å². The second-order valence-corrected chi connectivity index (χ2v) is 5.07. The van der Waals surface area contributed by atoms with Gasteiger partial charge < -0.3 is 16.4 Å². The molecule has 0 aliphatic heterocycles. The average molecular weight is 277 g/mol. The zero-order valence-electron chi connectivity index (χ0n) is 12.3. The molecule has 1 aromatic carbocycles. The molecule has 0 aliphatic carbocycles. The van der Waals surface area contributed by atoms with Crippen molar-refractivity contribution in [3.05, 3.63) is 35.4 Å². The third-order valence-corrected chi connectivity index (χ3v) is 3.01. The van der Waals surface area contributed by atoms with Crippen molar-refractivity contribution in [3.8, 4) is 0 Å². The normalized spacial score (nSPS) is 13.4. The van der Waals surface area contributed by atoms with Crippen LogP contribution >= 0.6 is 0 Å². The van der Waals surface area contributed by atoms with Crippen molar-refractivity contribution in [2.24, 2.45) is 5.73 Å². The number of nitrogens with two attached hydrogens (primary N) is 1. The Bertz CT molecular complexity index is 457. The summed E-state index contributed by atoms with van der Waals surface area (Å²) in [7, 11) is 0. The zero-order chi connectivity index (χ0) is 15.1. The summed E-state index contributed by atoms with van der Waals surface area (Å²) in [5.41, 5.74) is 7.53. The second kappa shape index (κ2) is 7.65. The van der Waals surface area contributed by atoms with Crippen LogP contribution in [-0.2, 0) is 9.59 Å². The summed E-state index contributed by atoms with van der Waals surface area (Å²) in [6, 6.07) is 7.39. The Morgan fingerprint density at radius 2 is 1.80 bits per heavy atom. The summed E-state index contributed by atoms with van der Waals surface area (Å²) in [6.45, 7) is 5.67. The number of hydrogen-bond donors (Lipinski definition) is 3. The lowest BCUT2D eigenvalue weighted by Crippen LogP contribution is -2.40. The third kappa shape index (κ3) is 5.40. The van der Waals surface area contributed by atoms with Gasteiger partial charge in [-0.25, -0.2) is 0 Å². The maximum atomic E-state index is 11.9. The topological polar surface area (TPSA) is 84.2 Å². The summed E-state index contributed by atoms with van der Waals surface area (Å²) in [5.74, 6) is -0.280. The quantitative estimate of drug-likeness (QED) is 0.726. The number of hydrogen-bond acceptors (Lipinski definition) is 3. The first-order valence-corrected chi connectivity index (χ1v) is 6.75. The van der Waals surface area contributed by atoms with Crippen LogP contribution in [-0.4, -0.2) is 24.4 Å². The highest BCUT2D eigenvalue weighted by Gasteiger charge is 2.17. The SMILES string of the molecule is CC(=O)NC(CC(=O)N[C@@H](C)CN)c1ccc(C)cc1. The molecule has 0 heterocycles. The average Bonchev–Trinajstić information content (AvgIpc) is 2.38. The number of benzene rings is 1. The molecule has 110 valence electrons. The fourth-order valence-electron chi connectivity index (χ4n) is 1.87. The highest BCUT2D eigenvalue weighted by Crippen LogP contribution is 2.17. The van der Waals surface area contributed by atoms with Crippen LogP contribution in [0.4, 0.5) is 0 Å². The van der Waals surface area contributed by atoms with E-state index in [1.165, 1.54) is 6.92 Å². The smallest absolute Gasteiger partial charge is 0.222 e. The Balaban J connectivity index is 2.76. The van der Waals surface area contributed by atoms with Gasteiger partial charge in [-0.05, 0) is 19.4 Å². The molecular weight excluding hydrogens is 254 g/mol. The van der Waals surface area contributed by atoms with Gasteiger partial charge in [0.2, 0.25) is 11.8 Å². The summed E-state index contributed by atoms with van der Waals surface area (Å²) in [6.07, 6.45) is 0.201. The van der Waals surface area contributed by atoms with E-state index < -0.39 is 0 Å². The van der Waals surface area contributed by atoms with Crippen molar-refractivity contribution in [2.45, 2.75) is 39.3 Å². The molecular formula is C15H23N3O2. The number of nitrogens with one attached hydrogen (secondary N) is 2. The van der Waals surface area contributed by atoms with Crippen molar-refractivity contribution in [1.29, 1.82) is 0 Å². The zero-order valence-corrected chi connectivity index (χ0v) is 12.3. The van der Waals surface area contributed by atoms with Crippen molar-refractivity contribution < 1.29 is 9.59 Å². The van der Waals surface area contributed by atoms with Crippen LogP contribution in [0.3, 0.4) is 0 Å². The van der Waals surface area contributed by atoms with Crippen LogP contribution in [0, 0.1) is 6.92 Å².